The Morgan fingerprint density at radius 3 is 1.15 bits per heavy atom. The molecule has 6 aliphatic rings. The van der Waals surface area contributed by atoms with Crippen molar-refractivity contribution < 1.29 is 19.2 Å². The topological polar surface area (TPSA) is 74.8 Å². The van der Waals surface area contributed by atoms with Crippen molar-refractivity contribution in [3.63, 3.8) is 0 Å². The van der Waals surface area contributed by atoms with Gasteiger partial charge in [-0.25, -0.2) is 9.80 Å². The van der Waals surface area contributed by atoms with E-state index >= 15 is 0 Å². The smallest absolute Gasteiger partial charge is 0.258 e. The molecule has 4 amide bonds. The van der Waals surface area contributed by atoms with E-state index in [2.05, 4.69) is 24.3 Å². The first-order valence-electron chi connectivity index (χ1n) is 14.4. The van der Waals surface area contributed by atoms with Gasteiger partial charge in [-0.2, -0.15) is 0 Å². The Morgan fingerprint density at radius 2 is 0.850 bits per heavy atom. The summed E-state index contributed by atoms with van der Waals surface area (Å²) >= 11 is 0. The Balaban J connectivity index is 1.28. The molecule has 6 nitrogen and oxygen atoms in total. The van der Waals surface area contributed by atoms with Crippen LogP contribution >= 0.6 is 0 Å². The van der Waals surface area contributed by atoms with Gasteiger partial charge in [-0.15, -0.1) is 0 Å². The fourth-order valence-electron chi connectivity index (χ4n) is 9.41. The van der Waals surface area contributed by atoms with Crippen LogP contribution < -0.4 is 9.80 Å². The third-order valence-corrected chi connectivity index (χ3v) is 10.3. The van der Waals surface area contributed by atoms with Crippen molar-refractivity contribution in [2.45, 2.75) is 77.0 Å². The second kappa shape index (κ2) is 8.35. The molecule has 2 heterocycles. The van der Waals surface area contributed by atoms with Crippen molar-refractivity contribution >= 4 is 35.0 Å². The minimum Gasteiger partial charge on any atom is -0.269 e. The van der Waals surface area contributed by atoms with E-state index in [0.29, 0.717) is 23.2 Å². The van der Waals surface area contributed by atoms with Crippen LogP contribution in [0.1, 0.15) is 71.9 Å². The number of carbonyl (C=O) groups excluding carboxylic acids is 4. The van der Waals surface area contributed by atoms with Crippen LogP contribution in [0, 0.1) is 39.5 Å². The summed E-state index contributed by atoms with van der Waals surface area (Å²) in [7, 11) is 0. The van der Waals surface area contributed by atoms with Crippen molar-refractivity contribution in [3.05, 3.63) is 82.0 Å². The predicted molar refractivity (Wildman–Crippen MR) is 153 cm³/mol. The molecule has 0 spiro atoms. The SMILES string of the molecule is Cc1cc(C23CC4CC(C2)CC(c2cc(C)c(N5C(=O)C=CC5=O)c(C)c2)(C4)C3)cc(C)c1N1C(=O)C=CC1=O. The van der Waals surface area contributed by atoms with E-state index < -0.39 is 0 Å². The number of anilines is 2. The number of benzene rings is 2. The molecule has 2 aromatic rings. The van der Waals surface area contributed by atoms with Gasteiger partial charge >= 0.3 is 0 Å². The van der Waals surface area contributed by atoms with E-state index in [4.69, 9.17) is 0 Å². The summed E-state index contributed by atoms with van der Waals surface area (Å²) in [6.07, 6.45) is 12.4. The zero-order valence-electron chi connectivity index (χ0n) is 23.5. The van der Waals surface area contributed by atoms with Gasteiger partial charge in [0.25, 0.3) is 23.6 Å². The first-order valence-corrected chi connectivity index (χ1v) is 14.4. The first kappa shape index (κ1) is 25.2. The highest BCUT2D eigenvalue weighted by Crippen LogP contribution is 2.66. The number of carbonyl (C=O) groups is 4. The Morgan fingerprint density at radius 1 is 0.550 bits per heavy atom. The van der Waals surface area contributed by atoms with E-state index in [1.54, 1.807) is 0 Å². The Hall–Kier alpha value is -3.80. The lowest BCUT2D eigenvalue weighted by atomic mass is 9.41. The number of aryl methyl sites for hydroxylation is 4. The largest absolute Gasteiger partial charge is 0.269 e. The molecule has 8 rings (SSSR count). The van der Waals surface area contributed by atoms with Gasteiger partial charge in [0.05, 0.1) is 11.4 Å². The third-order valence-electron chi connectivity index (χ3n) is 10.3. The lowest BCUT2D eigenvalue weighted by Crippen LogP contribution is -2.56. The maximum absolute atomic E-state index is 12.5. The normalized spacial score (nSPS) is 30.5. The molecule has 4 aliphatic carbocycles. The van der Waals surface area contributed by atoms with Gasteiger partial charge in [0.1, 0.15) is 0 Å². The Bertz CT molecular complexity index is 1400. The van der Waals surface area contributed by atoms with Crippen molar-refractivity contribution in [1.29, 1.82) is 0 Å². The summed E-state index contributed by atoms with van der Waals surface area (Å²) in [4.78, 5) is 52.5. The van der Waals surface area contributed by atoms with E-state index in [9.17, 15) is 19.2 Å². The number of imide groups is 2. The summed E-state index contributed by atoms with van der Waals surface area (Å²) in [6, 6.07) is 8.94. The minimum absolute atomic E-state index is 0.0562. The molecule has 204 valence electrons. The number of rotatable bonds is 4. The molecule has 6 heteroatoms. The Labute approximate surface area is 234 Å². The van der Waals surface area contributed by atoms with E-state index in [1.165, 1.54) is 77.3 Å². The van der Waals surface area contributed by atoms with Crippen LogP contribution in [0.15, 0.2) is 48.6 Å². The van der Waals surface area contributed by atoms with E-state index in [1.807, 2.05) is 27.7 Å². The number of hydrogen-bond donors (Lipinski definition) is 0. The van der Waals surface area contributed by atoms with Gasteiger partial charge in [0.2, 0.25) is 0 Å². The summed E-state index contributed by atoms with van der Waals surface area (Å²) in [6.45, 7) is 8.06. The van der Waals surface area contributed by atoms with Crippen LogP contribution in [0.4, 0.5) is 11.4 Å². The quantitative estimate of drug-likeness (QED) is 0.481. The highest BCUT2D eigenvalue weighted by molar-refractivity contribution is 6.29. The number of amides is 4. The molecule has 0 aromatic heterocycles. The molecule has 4 bridgehead atoms. The molecule has 2 aromatic carbocycles. The molecule has 4 fully saturated rings. The van der Waals surface area contributed by atoms with Gasteiger partial charge < -0.3 is 0 Å². The molecular weight excluding hydrogens is 500 g/mol. The van der Waals surface area contributed by atoms with Gasteiger partial charge in [0, 0.05) is 24.3 Å². The van der Waals surface area contributed by atoms with Gasteiger partial charge in [0.15, 0.2) is 0 Å². The zero-order valence-corrected chi connectivity index (χ0v) is 23.5. The van der Waals surface area contributed by atoms with Crippen molar-refractivity contribution in [3.8, 4) is 0 Å². The van der Waals surface area contributed by atoms with Gasteiger partial charge in [-0.05, 0) is 122 Å². The zero-order chi connectivity index (χ0) is 28.1. The molecule has 0 radical (unpaired) electrons. The molecule has 2 aliphatic heterocycles. The van der Waals surface area contributed by atoms with Crippen LogP contribution in [0.2, 0.25) is 0 Å². The standard InChI is InChI=1S/C34H34N2O4/c1-19-9-25(10-20(2)31(19)35-27(37)5-6-28(35)38)33-14-23-13-24(15-33)17-34(16-23,18-33)26-11-21(3)32(22(4)12-26)36-29(39)7-8-30(36)40/h5-12,23-24H,13-18H2,1-4H3. The van der Waals surface area contributed by atoms with Crippen LogP contribution in [0.5, 0.6) is 0 Å². The summed E-state index contributed by atoms with van der Waals surface area (Å²) < 4.78 is 0. The fourth-order valence-corrected chi connectivity index (χ4v) is 9.41. The summed E-state index contributed by atoms with van der Waals surface area (Å²) in [5.41, 5.74) is 8.08. The number of hydrogen-bond acceptors (Lipinski definition) is 4. The van der Waals surface area contributed by atoms with Gasteiger partial charge in [-0.1, -0.05) is 24.3 Å². The minimum atomic E-state index is -0.278. The molecule has 0 unspecified atom stereocenters. The van der Waals surface area contributed by atoms with Crippen LogP contribution in [0.3, 0.4) is 0 Å². The molecule has 0 saturated heterocycles. The van der Waals surface area contributed by atoms with Crippen molar-refractivity contribution in [2.24, 2.45) is 11.8 Å². The molecule has 40 heavy (non-hydrogen) atoms. The highest BCUT2D eigenvalue weighted by Gasteiger charge is 2.59. The maximum Gasteiger partial charge on any atom is 0.258 e. The lowest BCUT2D eigenvalue weighted by molar-refractivity contribution is -0.121. The van der Waals surface area contributed by atoms with Crippen molar-refractivity contribution in [2.75, 3.05) is 9.80 Å². The molecule has 0 N–H and O–H groups in total. The van der Waals surface area contributed by atoms with E-state index in [-0.39, 0.29) is 34.5 Å². The van der Waals surface area contributed by atoms with Crippen LogP contribution in [-0.2, 0) is 30.0 Å². The van der Waals surface area contributed by atoms with Crippen LogP contribution in [0.25, 0.3) is 0 Å². The highest BCUT2D eigenvalue weighted by atomic mass is 16.2. The van der Waals surface area contributed by atoms with E-state index in [0.717, 1.165) is 28.7 Å². The van der Waals surface area contributed by atoms with Crippen molar-refractivity contribution in [1.82, 2.24) is 0 Å². The average Bonchev–Trinajstić information content (AvgIpc) is 3.38. The monoisotopic (exact) mass is 534 g/mol. The lowest BCUT2D eigenvalue weighted by Gasteiger charge is -2.63. The number of nitrogens with zero attached hydrogens (tertiary/aromatic N) is 2. The van der Waals surface area contributed by atoms with Crippen LogP contribution in [-0.4, -0.2) is 23.6 Å². The fraction of sp³-hybridized carbons (Fsp3) is 0.412. The third kappa shape index (κ3) is 3.47. The maximum atomic E-state index is 12.5. The second-order valence-electron chi connectivity index (χ2n) is 13.1. The Kier molecular flexibility index (Phi) is 5.26. The molecular formula is C34H34N2O4. The summed E-state index contributed by atoms with van der Waals surface area (Å²) in [5.74, 6) is 0.192. The molecule has 4 saturated carbocycles. The summed E-state index contributed by atoms with van der Waals surface area (Å²) in [5, 5.41) is 0. The first-order chi connectivity index (χ1) is 19.0. The average molecular weight is 535 g/mol. The predicted octanol–water partition coefficient (Wildman–Crippen LogP) is 5.57. The van der Waals surface area contributed by atoms with Gasteiger partial charge in [-0.3, -0.25) is 19.2 Å². The second-order valence-corrected chi connectivity index (χ2v) is 13.1. The molecule has 0 atom stereocenters.